The fraction of sp³-hybridized carbons (Fsp3) is 0.0690. The Kier molecular flexibility index (Phi) is 18.6. The largest absolute Gasteiger partial charge is 1.00 e. The molecule has 6 N–H and O–H groups in total. The molecule has 208 valence electrons. The Morgan fingerprint density at radius 1 is 0.524 bits per heavy atom. The zero-order chi connectivity index (χ0) is 29.8. The number of ketones is 1. The predicted octanol–water partition coefficient (Wildman–Crippen LogP) is -3.17. The molecule has 0 amide bonds. The zero-order valence-corrected chi connectivity index (χ0v) is 28.9. The normalized spacial score (nSPS) is 10.9. The quantitative estimate of drug-likeness (QED) is 0.117. The third-order valence-electron chi connectivity index (χ3n) is 5.48. The standard InChI is InChI=1S/C27H22O5.2CH2O3.2K/c28-19-11-13-21(23(30)15-19)25(17-7-3-1-4-8-17)27(32)26(18-9-5-2-6-10-18)22-14-12-20(29)16-24(22)31;2*2-1(3)4;;/h1-16,25-26,28-31H;2*(H2,2,3,4);;/q;;;2*+1/p-2. The van der Waals surface area contributed by atoms with Crippen molar-refractivity contribution in [2.45, 2.75) is 11.8 Å². The van der Waals surface area contributed by atoms with Crippen molar-refractivity contribution in [3.63, 3.8) is 0 Å². The number of hydrogen-bond donors (Lipinski definition) is 6. The van der Waals surface area contributed by atoms with Crippen molar-refractivity contribution in [1.29, 1.82) is 0 Å². The van der Waals surface area contributed by atoms with Crippen molar-refractivity contribution in [3.8, 4) is 23.0 Å². The number of carbonyl (C=O) groups is 3. The Bertz CT molecular complexity index is 1330. The molecule has 13 heteroatoms. The number of Topliss-reactive ketones (excluding diaryl/α,β-unsaturated/α-hetero) is 1. The molecule has 0 bridgehead atoms. The number of rotatable bonds is 6. The molecule has 0 saturated heterocycles. The summed E-state index contributed by atoms with van der Waals surface area (Å²) in [5.41, 5.74) is 2.02. The number of carbonyl (C=O) groups excluding carboxylic acids is 1. The van der Waals surface area contributed by atoms with Crippen LogP contribution >= 0.6 is 0 Å². The van der Waals surface area contributed by atoms with Gasteiger partial charge in [-0.15, -0.1) is 0 Å². The maximum atomic E-state index is 14.2. The van der Waals surface area contributed by atoms with Crippen molar-refractivity contribution in [2.75, 3.05) is 0 Å². The van der Waals surface area contributed by atoms with Gasteiger partial charge in [-0.1, -0.05) is 72.8 Å². The van der Waals surface area contributed by atoms with Crippen molar-refractivity contribution >= 4 is 18.1 Å². The Morgan fingerprint density at radius 2 is 0.810 bits per heavy atom. The van der Waals surface area contributed by atoms with Gasteiger partial charge in [0.15, 0.2) is 5.78 Å². The summed E-state index contributed by atoms with van der Waals surface area (Å²) >= 11 is 0. The number of carboxylic acid groups (broad SMARTS) is 4. The first-order chi connectivity index (χ1) is 18.9. The van der Waals surface area contributed by atoms with Gasteiger partial charge in [-0.3, -0.25) is 4.79 Å². The van der Waals surface area contributed by atoms with Crippen LogP contribution in [-0.4, -0.2) is 48.7 Å². The smallest absolute Gasteiger partial charge is 0.565 e. The van der Waals surface area contributed by atoms with Crippen LogP contribution < -0.4 is 113 Å². The molecule has 2 unspecified atom stereocenters. The van der Waals surface area contributed by atoms with E-state index in [-0.39, 0.29) is 132 Å². The Hall–Kier alpha value is -2.44. The molecule has 0 aliphatic carbocycles. The van der Waals surface area contributed by atoms with E-state index in [4.69, 9.17) is 30.0 Å². The summed E-state index contributed by atoms with van der Waals surface area (Å²) in [4.78, 5) is 31.1. The van der Waals surface area contributed by atoms with Gasteiger partial charge in [0.25, 0.3) is 0 Å². The van der Waals surface area contributed by atoms with E-state index >= 15 is 0 Å². The van der Waals surface area contributed by atoms with E-state index < -0.39 is 24.1 Å². The molecule has 0 spiro atoms. The van der Waals surface area contributed by atoms with Gasteiger partial charge in [0.2, 0.25) is 12.3 Å². The van der Waals surface area contributed by atoms with Gasteiger partial charge in [-0.25, -0.2) is 0 Å². The molecule has 4 aromatic carbocycles. The van der Waals surface area contributed by atoms with E-state index in [1.54, 1.807) is 24.3 Å². The van der Waals surface area contributed by atoms with Gasteiger partial charge >= 0.3 is 103 Å². The summed E-state index contributed by atoms with van der Waals surface area (Å²) in [6, 6.07) is 26.4. The van der Waals surface area contributed by atoms with Gasteiger partial charge in [0.1, 0.15) is 23.0 Å². The van der Waals surface area contributed by atoms with Crippen LogP contribution in [0.1, 0.15) is 34.1 Å². The molecule has 42 heavy (non-hydrogen) atoms. The van der Waals surface area contributed by atoms with Crippen molar-refractivity contribution in [1.82, 2.24) is 0 Å². The maximum Gasteiger partial charge on any atom is 1.00 e. The summed E-state index contributed by atoms with van der Waals surface area (Å²) in [7, 11) is 0. The van der Waals surface area contributed by atoms with Crippen LogP contribution in [0, 0.1) is 0 Å². The van der Waals surface area contributed by atoms with Crippen LogP contribution in [-0.2, 0) is 4.79 Å². The number of phenolic OH excluding ortho intramolecular Hbond substituents is 4. The second-order valence-electron chi connectivity index (χ2n) is 8.11. The predicted molar refractivity (Wildman–Crippen MR) is 137 cm³/mol. The molecule has 0 aliphatic heterocycles. The molecule has 0 aromatic heterocycles. The summed E-state index contributed by atoms with van der Waals surface area (Å²) in [6.45, 7) is 0. The molecule has 2 atom stereocenters. The summed E-state index contributed by atoms with van der Waals surface area (Å²) < 4.78 is 0. The Morgan fingerprint density at radius 3 is 1.07 bits per heavy atom. The molecule has 0 radical (unpaired) electrons. The molecule has 4 aromatic rings. The van der Waals surface area contributed by atoms with Crippen LogP contribution in [0.2, 0.25) is 0 Å². The van der Waals surface area contributed by atoms with Crippen LogP contribution in [0.15, 0.2) is 97.1 Å². The fourth-order valence-electron chi connectivity index (χ4n) is 4.00. The number of aromatic hydroxyl groups is 4. The summed E-state index contributed by atoms with van der Waals surface area (Å²) in [5, 5.41) is 71.3. The molecule has 4 rings (SSSR count). The minimum Gasteiger partial charge on any atom is -0.565 e. The first-order valence-corrected chi connectivity index (χ1v) is 11.4. The van der Waals surface area contributed by atoms with E-state index in [1.165, 1.54) is 36.4 Å². The van der Waals surface area contributed by atoms with Gasteiger partial charge in [-0.2, -0.15) is 0 Å². The van der Waals surface area contributed by atoms with Gasteiger partial charge < -0.3 is 50.4 Å². The molecule has 0 saturated carbocycles. The maximum absolute atomic E-state index is 14.2. The van der Waals surface area contributed by atoms with Gasteiger partial charge in [0.05, 0.1) is 11.8 Å². The Balaban J connectivity index is 0.00000150. The van der Waals surface area contributed by atoms with E-state index in [1.807, 2.05) is 36.4 Å². The number of benzene rings is 4. The fourth-order valence-corrected chi connectivity index (χ4v) is 4.00. The molecule has 0 aliphatic rings. The zero-order valence-electron chi connectivity index (χ0n) is 22.6. The van der Waals surface area contributed by atoms with Gasteiger partial charge in [0, 0.05) is 23.3 Å². The first-order valence-electron chi connectivity index (χ1n) is 11.4. The third kappa shape index (κ3) is 12.4. The molecule has 0 fully saturated rings. The Labute approximate surface area is 325 Å². The average molecular weight is 627 g/mol. The first kappa shape index (κ1) is 39.6. The van der Waals surface area contributed by atoms with Crippen LogP contribution in [0.3, 0.4) is 0 Å². The van der Waals surface area contributed by atoms with E-state index in [9.17, 15) is 25.2 Å². The van der Waals surface area contributed by atoms with Crippen molar-refractivity contribution in [2.24, 2.45) is 0 Å². The second-order valence-corrected chi connectivity index (χ2v) is 8.11. The van der Waals surface area contributed by atoms with E-state index in [0.29, 0.717) is 22.3 Å². The third-order valence-corrected chi connectivity index (χ3v) is 5.48. The van der Waals surface area contributed by atoms with Crippen molar-refractivity contribution < 1.29 is 158 Å². The number of phenols is 4. The minimum atomic E-state index is -2.08. The topological polar surface area (TPSA) is 219 Å². The molecular formula is C29H24K2O11. The van der Waals surface area contributed by atoms with Gasteiger partial charge in [-0.05, 0) is 23.3 Å². The molecule has 11 nitrogen and oxygen atoms in total. The summed E-state index contributed by atoms with van der Waals surface area (Å²) in [5.74, 6) is -2.62. The molecule has 0 heterocycles. The minimum absolute atomic E-state index is 0. The van der Waals surface area contributed by atoms with Crippen molar-refractivity contribution in [3.05, 3.63) is 119 Å². The van der Waals surface area contributed by atoms with E-state index in [2.05, 4.69) is 0 Å². The van der Waals surface area contributed by atoms with Crippen LogP contribution in [0.5, 0.6) is 23.0 Å². The van der Waals surface area contributed by atoms with Crippen LogP contribution in [0.25, 0.3) is 0 Å². The summed E-state index contributed by atoms with van der Waals surface area (Å²) in [6.07, 6.45) is -4.17. The average Bonchev–Trinajstić information content (AvgIpc) is 2.88. The molecular weight excluding hydrogens is 603 g/mol. The van der Waals surface area contributed by atoms with Crippen LogP contribution in [0.4, 0.5) is 9.59 Å². The monoisotopic (exact) mass is 626 g/mol. The second kappa shape index (κ2) is 19.7. The SMILES string of the molecule is O=C(C(c1ccccc1)c1ccc(O)cc1O)C(c1ccccc1)c1ccc(O)cc1O.O=C([O-])O.O=C([O-])O.[K+].[K+]. The van der Waals surface area contributed by atoms with E-state index in [0.717, 1.165) is 0 Å². The number of hydrogen-bond acceptors (Lipinski definition) is 9.